The molecule has 5 N–H and O–H groups in total. The Hall–Kier alpha value is -1.42. The van der Waals surface area contributed by atoms with E-state index in [1.165, 1.54) is 55.2 Å². The first-order chi connectivity index (χ1) is 14.1. The van der Waals surface area contributed by atoms with Crippen molar-refractivity contribution < 1.29 is 77.3 Å². The van der Waals surface area contributed by atoms with Gasteiger partial charge >= 0.3 is 51.4 Å². The first-order valence-electron chi connectivity index (χ1n) is 8.49. The fourth-order valence-corrected chi connectivity index (χ4v) is 3.11. The summed E-state index contributed by atoms with van der Waals surface area (Å²) in [5.41, 5.74) is 0.878. The molecule has 10 nitrogen and oxygen atoms in total. The molecule has 0 amide bonds. The van der Waals surface area contributed by atoms with Crippen LogP contribution < -0.4 is 67.3 Å². The Morgan fingerprint density at radius 3 is 2.26 bits per heavy atom. The molecule has 0 bridgehead atoms. The summed E-state index contributed by atoms with van der Waals surface area (Å²) in [7, 11) is -8.61. The molecule has 0 aliphatic rings. The van der Waals surface area contributed by atoms with Gasteiger partial charge in [0.15, 0.2) is 0 Å². The molecular formula is C18H20KN4O6S2-. The first kappa shape index (κ1) is 27.6. The molecule has 0 heterocycles. The number of aliphatic imine (C=N–C) groups is 1. The number of amidine groups is 1. The van der Waals surface area contributed by atoms with Crippen LogP contribution in [0.5, 0.6) is 0 Å². The zero-order chi connectivity index (χ0) is 22.2. The molecule has 0 atom stereocenters. The summed E-state index contributed by atoms with van der Waals surface area (Å²) < 4.78 is 62.8. The standard InChI is InChI=1S/C18H20N4O6S2.K/c1-2-19-11-10-18(22-14-6-8-16(9-7-14)29(23,24)25)21-13-20-15-4-3-5-17(12-15)30(26,27)28;/h3-10,12-13,19-20H,2H2,1H3,(H,21,22)(H,23,24,25)(H,26,27,28);/q-2;+1. The molecule has 0 saturated carbocycles. The van der Waals surface area contributed by atoms with Crippen molar-refractivity contribution in [3.63, 3.8) is 0 Å². The summed E-state index contributed by atoms with van der Waals surface area (Å²) in [5, 5.41) is 8.59. The number of benzene rings is 2. The smallest absolute Gasteiger partial charge is 0.477 e. The molecule has 0 spiro atoms. The van der Waals surface area contributed by atoms with E-state index in [1.807, 2.05) is 6.92 Å². The van der Waals surface area contributed by atoms with Crippen molar-refractivity contribution in [1.29, 1.82) is 0 Å². The van der Waals surface area contributed by atoms with Gasteiger partial charge in [0, 0.05) is 11.4 Å². The van der Waals surface area contributed by atoms with Gasteiger partial charge in [0.05, 0.1) is 9.79 Å². The number of hydrogen-bond acceptors (Lipinski definition) is 7. The maximum absolute atomic E-state index is 11.2. The van der Waals surface area contributed by atoms with Crippen LogP contribution in [0.15, 0.2) is 69.4 Å². The summed E-state index contributed by atoms with van der Waals surface area (Å²) >= 11 is 0. The molecule has 0 radical (unpaired) electrons. The molecule has 0 aliphatic carbocycles. The van der Waals surface area contributed by atoms with Crippen LogP contribution in [0.4, 0.5) is 11.4 Å². The van der Waals surface area contributed by atoms with Gasteiger partial charge in [-0.15, -0.1) is 0 Å². The van der Waals surface area contributed by atoms with Crippen molar-refractivity contribution in [2.24, 2.45) is 4.99 Å². The van der Waals surface area contributed by atoms with Gasteiger partial charge in [-0.2, -0.15) is 29.1 Å². The Balaban J connectivity index is 0.00000480. The van der Waals surface area contributed by atoms with Crippen LogP contribution in [-0.2, 0) is 20.2 Å². The van der Waals surface area contributed by atoms with Crippen molar-refractivity contribution in [3.8, 4) is 0 Å². The van der Waals surface area contributed by atoms with E-state index in [2.05, 4.69) is 27.1 Å². The zero-order valence-corrected chi connectivity index (χ0v) is 21.5. The van der Waals surface area contributed by atoms with Crippen LogP contribution in [0.2, 0.25) is 0 Å². The molecule has 0 fully saturated rings. The van der Waals surface area contributed by atoms with Crippen LogP contribution in [0, 0.1) is 12.9 Å². The third kappa shape index (κ3) is 9.72. The molecule has 0 saturated heterocycles. The van der Waals surface area contributed by atoms with Gasteiger partial charge in [-0.1, -0.05) is 12.7 Å². The molecule has 0 unspecified atom stereocenters. The molecule has 2 aromatic rings. The second-order valence-corrected chi connectivity index (χ2v) is 8.58. The quantitative estimate of drug-likeness (QED) is 0.0753. The second-order valence-electron chi connectivity index (χ2n) is 5.73. The average Bonchev–Trinajstić information content (AvgIpc) is 2.67. The van der Waals surface area contributed by atoms with E-state index in [-0.39, 0.29) is 61.2 Å². The number of anilines is 2. The minimum Gasteiger partial charge on any atom is -0.477 e. The Morgan fingerprint density at radius 1 is 1.03 bits per heavy atom. The normalized spacial score (nSPS) is 12.2. The van der Waals surface area contributed by atoms with Gasteiger partial charge in [0.2, 0.25) is 0 Å². The molecule has 162 valence electrons. The summed E-state index contributed by atoms with van der Waals surface area (Å²) in [6.07, 6.45) is 4.31. The molecule has 2 rings (SSSR count). The van der Waals surface area contributed by atoms with Crippen LogP contribution in [0.3, 0.4) is 0 Å². The van der Waals surface area contributed by atoms with Crippen molar-refractivity contribution in [2.45, 2.75) is 16.7 Å². The predicted molar refractivity (Wildman–Crippen MR) is 113 cm³/mol. The summed E-state index contributed by atoms with van der Waals surface area (Å²) in [6.45, 7) is 3.81. The Kier molecular flexibility index (Phi) is 11.2. The van der Waals surface area contributed by atoms with E-state index >= 15 is 0 Å². The fraction of sp³-hybridized carbons (Fsp3) is 0.111. The molecular weight excluding hydrogens is 471 g/mol. The van der Waals surface area contributed by atoms with Gasteiger partial charge in [0.25, 0.3) is 20.2 Å². The molecule has 13 heteroatoms. The Bertz CT molecular complexity index is 1130. The molecule has 2 aromatic carbocycles. The van der Waals surface area contributed by atoms with Gasteiger partial charge in [0.1, 0.15) is 0 Å². The van der Waals surface area contributed by atoms with Crippen LogP contribution in [0.1, 0.15) is 6.92 Å². The summed E-state index contributed by atoms with van der Waals surface area (Å²) in [4.78, 5) is 3.68. The van der Waals surface area contributed by atoms with Crippen LogP contribution >= 0.6 is 0 Å². The number of nitrogens with one attached hydrogen (secondary N) is 3. The van der Waals surface area contributed by atoms with E-state index < -0.39 is 20.2 Å². The fourth-order valence-electron chi connectivity index (χ4n) is 2.11. The number of nitrogens with zero attached hydrogens (tertiary/aromatic N) is 1. The third-order valence-electron chi connectivity index (χ3n) is 3.48. The third-order valence-corrected chi connectivity index (χ3v) is 5.20. The van der Waals surface area contributed by atoms with E-state index in [9.17, 15) is 16.8 Å². The Morgan fingerprint density at radius 2 is 1.68 bits per heavy atom. The maximum atomic E-state index is 11.2. The van der Waals surface area contributed by atoms with Crippen molar-refractivity contribution >= 4 is 37.4 Å². The average molecular weight is 492 g/mol. The molecule has 0 aliphatic heterocycles. The van der Waals surface area contributed by atoms with E-state index in [0.717, 1.165) is 0 Å². The van der Waals surface area contributed by atoms with Gasteiger partial charge < -0.3 is 20.9 Å². The maximum Gasteiger partial charge on any atom is 1.00 e. The van der Waals surface area contributed by atoms with Crippen molar-refractivity contribution in [3.05, 3.63) is 67.5 Å². The number of hydrogen-bond donors (Lipinski definition) is 5. The predicted octanol–water partition coefficient (Wildman–Crippen LogP) is -0.848. The monoisotopic (exact) mass is 491 g/mol. The number of rotatable bonds is 9. The topological polar surface area (TPSA) is 157 Å². The van der Waals surface area contributed by atoms with Crippen LogP contribution in [-0.4, -0.2) is 38.3 Å². The van der Waals surface area contributed by atoms with E-state index in [0.29, 0.717) is 23.8 Å². The van der Waals surface area contributed by atoms with Crippen LogP contribution in [0.25, 0.3) is 0 Å². The van der Waals surface area contributed by atoms with E-state index in [4.69, 9.17) is 9.11 Å². The van der Waals surface area contributed by atoms with Crippen molar-refractivity contribution in [1.82, 2.24) is 5.32 Å². The van der Waals surface area contributed by atoms with Gasteiger partial charge in [-0.25, -0.2) is 0 Å². The molecule has 0 aromatic heterocycles. The van der Waals surface area contributed by atoms with Crippen molar-refractivity contribution in [2.75, 3.05) is 17.2 Å². The minimum atomic E-state index is -4.32. The second kappa shape index (κ2) is 12.6. The van der Waals surface area contributed by atoms with E-state index in [1.54, 1.807) is 6.07 Å². The zero-order valence-electron chi connectivity index (χ0n) is 16.8. The minimum absolute atomic E-state index is 0. The SMILES string of the molecule is CCN[C-]=C/C(=N\[CH-]Nc1cccc(S(=O)(=O)O)c1)Nc1ccc(S(=O)(=O)O)cc1.[K+]. The largest absolute Gasteiger partial charge is 1.00 e. The van der Waals surface area contributed by atoms with Gasteiger partial charge in [-0.05, 0) is 61.8 Å². The first-order valence-corrected chi connectivity index (χ1v) is 11.4. The summed E-state index contributed by atoms with van der Waals surface area (Å²) in [6, 6.07) is 10.9. The van der Waals surface area contributed by atoms with Gasteiger partial charge in [-0.3, -0.25) is 9.11 Å². The molecule has 31 heavy (non-hydrogen) atoms. The Labute approximate surface area is 224 Å². The summed E-state index contributed by atoms with van der Waals surface area (Å²) in [5.74, 6) is 0.314.